The van der Waals surface area contributed by atoms with E-state index in [2.05, 4.69) is 17.1 Å². The van der Waals surface area contributed by atoms with Gasteiger partial charge in [-0.05, 0) is 44.2 Å². The second kappa shape index (κ2) is 8.08. The predicted molar refractivity (Wildman–Crippen MR) is 87.6 cm³/mol. The molecule has 1 saturated heterocycles. The summed E-state index contributed by atoms with van der Waals surface area (Å²) in [6, 6.07) is 9.37. The molecular weight excluding hydrogens is 276 g/mol. The number of carbonyl (C=O) groups is 2. The number of hydrogen-bond acceptors (Lipinski definition) is 3. The van der Waals surface area contributed by atoms with Gasteiger partial charge in [-0.25, -0.2) is 0 Å². The Balaban J connectivity index is 1.87. The van der Waals surface area contributed by atoms with E-state index in [1.54, 1.807) is 0 Å². The fraction of sp³-hybridized carbons (Fsp3) is 0.556. The van der Waals surface area contributed by atoms with Crippen molar-refractivity contribution in [2.24, 2.45) is 5.92 Å². The van der Waals surface area contributed by atoms with Crippen LogP contribution in [0.1, 0.15) is 32.3 Å². The number of Topliss-reactive ketones (excluding diaryl/α,β-unsaturated/α-hetero) is 1. The molecule has 1 aliphatic heterocycles. The number of benzene rings is 1. The van der Waals surface area contributed by atoms with E-state index in [1.807, 2.05) is 30.3 Å². The molecular formula is C18H26N2O2. The molecule has 0 radical (unpaired) electrons. The predicted octanol–water partition coefficient (Wildman–Crippen LogP) is 2.03. The van der Waals surface area contributed by atoms with Crippen LogP contribution in [0.25, 0.3) is 0 Å². The minimum absolute atomic E-state index is 0.00390. The first kappa shape index (κ1) is 16.7. The van der Waals surface area contributed by atoms with E-state index in [0.717, 1.165) is 25.1 Å². The topological polar surface area (TPSA) is 49.4 Å². The molecule has 2 rings (SSSR count). The van der Waals surface area contributed by atoms with Crippen LogP contribution in [0.4, 0.5) is 0 Å². The quantitative estimate of drug-likeness (QED) is 0.875. The lowest BCUT2D eigenvalue weighted by atomic mass is 10.0. The third kappa shape index (κ3) is 5.26. The lowest BCUT2D eigenvalue weighted by Crippen LogP contribution is -2.47. The second-order valence-corrected chi connectivity index (χ2v) is 6.40. The van der Waals surface area contributed by atoms with Crippen molar-refractivity contribution in [2.45, 2.75) is 39.2 Å². The zero-order chi connectivity index (χ0) is 15.9. The zero-order valence-electron chi connectivity index (χ0n) is 13.5. The van der Waals surface area contributed by atoms with Crippen LogP contribution in [-0.4, -0.2) is 42.3 Å². The number of ketones is 1. The lowest BCUT2D eigenvalue weighted by Gasteiger charge is -2.30. The van der Waals surface area contributed by atoms with Gasteiger partial charge in [0.25, 0.3) is 0 Å². The summed E-state index contributed by atoms with van der Waals surface area (Å²) in [4.78, 5) is 26.2. The number of rotatable bonds is 6. The zero-order valence-corrected chi connectivity index (χ0v) is 13.5. The highest BCUT2D eigenvalue weighted by molar-refractivity contribution is 5.88. The molecule has 2 atom stereocenters. The van der Waals surface area contributed by atoms with Crippen molar-refractivity contribution < 1.29 is 9.59 Å². The van der Waals surface area contributed by atoms with Crippen LogP contribution >= 0.6 is 0 Å². The van der Waals surface area contributed by atoms with Crippen LogP contribution in [0.2, 0.25) is 0 Å². The first-order valence-electron chi connectivity index (χ1n) is 8.10. The summed E-state index contributed by atoms with van der Waals surface area (Å²) in [6.07, 6.45) is 2.94. The van der Waals surface area contributed by atoms with Crippen molar-refractivity contribution >= 4 is 11.7 Å². The molecule has 120 valence electrons. The summed E-state index contributed by atoms with van der Waals surface area (Å²) in [7, 11) is 0. The van der Waals surface area contributed by atoms with Gasteiger partial charge in [0.05, 0.1) is 12.6 Å². The van der Waals surface area contributed by atoms with Crippen LogP contribution in [0, 0.1) is 5.92 Å². The summed E-state index contributed by atoms with van der Waals surface area (Å²) < 4.78 is 0. The van der Waals surface area contributed by atoms with E-state index < -0.39 is 6.04 Å². The van der Waals surface area contributed by atoms with Gasteiger partial charge in [-0.2, -0.15) is 0 Å². The number of nitrogens with zero attached hydrogens (tertiary/aromatic N) is 1. The Labute approximate surface area is 132 Å². The van der Waals surface area contributed by atoms with Gasteiger partial charge in [0.1, 0.15) is 0 Å². The van der Waals surface area contributed by atoms with E-state index in [-0.39, 0.29) is 11.7 Å². The maximum absolute atomic E-state index is 12.2. The fourth-order valence-electron chi connectivity index (χ4n) is 3.02. The van der Waals surface area contributed by atoms with Crippen LogP contribution in [0.3, 0.4) is 0 Å². The van der Waals surface area contributed by atoms with Crippen molar-refractivity contribution in [3.63, 3.8) is 0 Å². The highest BCUT2D eigenvalue weighted by Crippen LogP contribution is 2.14. The first-order valence-corrected chi connectivity index (χ1v) is 8.10. The normalized spacial score (nSPS) is 20.4. The molecule has 0 aromatic heterocycles. The number of nitrogens with one attached hydrogen (secondary N) is 1. The molecule has 4 heteroatoms. The SMILES string of the molecule is CC(=O)C(Cc1ccccc1)NC(=O)CN1CCCC(C)C1. The third-order valence-corrected chi connectivity index (χ3v) is 4.22. The van der Waals surface area contributed by atoms with Gasteiger partial charge in [-0.15, -0.1) is 0 Å². The summed E-state index contributed by atoms with van der Waals surface area (Å²) >= 11 is 0. The van der Waals surface area contributed by atoms with Crippen LogP contribution in [0.15, 0.2) is 30.3 Å². The minimum atomic E-state index is -0.433. The Morgan fingerprint density at radius 2 is 2.05 bits per heavy atom. The molecule has 0 saturated carbocycles. The Kier molecular flexibility index (Phi) is 6.13. The molecule has 1 fully saturated rings. The number of amides is 1. The molecule has 22 heavy (non-hydrogen) atoms. The van der Waals surface area contributed by atoms with E-state index in [4.69, 9.17) is 0 Å². The van der Waals surface area contributed by atoms with E-state index in [1.165, 1.54) is 13.3 Å². The molecule has 1 heterocycles. The number of likely N-dealkylation sites (tertiary alicyclic amines) is 1. The van der Waals surface area contributed by atoms with Gasteiger partial charge in [0, 0.05) is 6.54 Å². The fourth-order valence-corrected chi connectivity index (χ4v) is 3.02. The minimum Gasteiger partial charge on any atom is -0.345 e. The van der Waals surface area contributed by atoms with Crippen LogP contribution < -0.4 is 5.32 Å². The summed E-state index contributed by atoms with van der Waals surface area (Å²) in [6.45, 7) is 6.09. The van der Waals surface area contributed by atoms with Crippen LogP contribution in [-0.2, 0) is 16.0 Å². The van der Waals surface area contributed by atoms with Crippen molar-refractivity contribution in [1.82, 2.24) is 10.2 Å². The van der Waals surface area contributed by atoms with Gasteiger partial charge in [0.2, 0.25) is 5.91 Å². The highest BCUT2D eigenvalue weighted by atomic mass is 16.2. The molecule has 1 aliphatic rings. The lowest BCUT2D eigenvalue weighted by molar-refractivity contribution is -0.127. The molecule has 4 nitrogen and oxygen atoms in total. The maximum atomic E-state index is 12.2. The molecule has 1 amide bonds. The molecule has 1 N–H and O–H groups in total. The largest absolute Gasteiger partial charge is 0.345 e. The van der Waals surface area contributed by atoms with Crippen molar-refractivity contribution in [1.29, 1.82) is 0 Å². The van der Waals surface area contributed by atoms with E-state index >= 15 is 0 Å². The summed E-state index contributed by atoms with van der Waals surface area (Å²) in [5.41, 5.74) is 1.06. The highest BCUT2D eigenvalue weighted by Gasteiger charge is 2.22. The molecule has 0 spiro atoms. The van der Waals surface area contributed by atoms with E-state index in [9.17, 15) is 9.59 Å². The Morgan fingerprint density at radius 3 is 2.68 bits per heavy atom. The van der Waals surface area contributed by atoms with Crippen molar-refractivity contribution in [2.75, 3.05) is 19.6 Å². The third-order valence-electron chi connectivity index (χ3n) is 4.22. The van der Waals surface area contributed by atoms with Gasteiger partial charge in [0.15, 0.2) is 5.78 Å². The summed E-state index contributed by atoms with van der Waals surface area (Å²) in [5.74, 6) is 0.601. The van der Waals surface area contributed by atoms with Crippen molar-refractivity contribution in [3.05, 3.63) is 35.9 Å². The van der Waals surface area contributed by atoms with E-state index in [0.29, 0.717) is 18.9 Å². The van der Waals surface area contributed by atoms with Gasteiger partial charge in [-0.1, -0.05) is 37.3 Å². The molecule has 0 bridgehead atoms. The Morgan fingerprint density at radius 1 is 1.32 bits per heavy atom. The average Bonchev–Trinajstić information content (AvgIpc) is 2.47. The number of carbonyl (C=O) groups excluding carboxylic acids is 2. The molecule has 1 aromatic rings. The monoisotopic (exact) mass is 302 g/mol. The Bertz CT molecular complexity index is 501. The number of hydrogen-bond donors (Lipinski definition) is 1. The standard InChI is InChI=1S/C18H26N2O2/c1-14-7-6-10-20(12-14)13-18(22)19-17(15(2)21)11-16-8-4-3-5-9-16/h3-5,8-9,14,17H,6-7,10-13H2,1-2H3,(H,19,22). The number of piperidine rings is 1. The Hall–Kier alpha value is -1.68. The first-order chi connectivity index (χ1) is 10.5. The van der Waals surface area contributed by atoms with Gasteiger partial charge >= 0.3 is 0 Å². The molecule has 1 aromatic carbocycles. The second-order valence-electron chi connectivity index (χ2n) is 6.40. The van der Waals surface area contributed by atoms with Crippen LogP contribution in [0.5, 0.6) is 0 Å². The van der Waals surface area contributed by atoms with Gasteiger partial charge in [-0.3, -0.25) is 14.5 Å². The summed E-state index contributed by atoms with van der Waals surface area (Å²) in [5, 5.41) is 2.90. The molecule has 2 unspecified atom stereocenters. The average molecular weight is 302 g/mol. The van der Waals surface area contributed by atoms with Crippen molar-refractivity contribution in [3.8, 4) is 0 Å². The smallest absolute Gasteiger partial charge is 0.234 e. The molecule has 0 aliphatic carbocycles. The maximum Gasteiger partial charge on any atom is 0.234 e. The van der Waals surface area contributed by atoms with Gasteiger partial charge < -0.3 is 5.32 Å².